The number of imide groups is 1. The Bertz CT molecular complexity index is 382. The number of nitrogens with zero attached hydrogens (tertiary/aromatic N) is 1. The number of amides is 2. The van der Waals surface area contributed by atoms with Crippen molar-refractivity contribution in [3.8, 4) is 0 Å². The maximum Gasteiger partial charge on any atom is 0.397 e. The van der Waals surface area contributed by atoms with Crippen molar-refractivity contribution in [1.29, 1.82) is 0 Å². The van der Waals surface area contributed by atoms with E-state index >= 15 is 0 Å². The van der Waals surface area contributed by atoms with E-state index in [0.717, 1.165) is 18.9 Å². The molecule has 0 spiro atoms. The van der Waals surface area contributed by atoms with Gasteiger partial charge in [-0.05, 0) is 0 Å². The lowest BCUT2D eigenvalue weighted by molar-refractivity contribution is -0.177. The third-order valence-electron chi connectivity index (χ3n) is 2.11. The number of hydrogen-bond acceptors (Lipinski definition) is 7. The van der Waals surface area contributed by atoms with Gasteiger partial charge >= 0.3 is 11.9 Å². The summed E-state index contributed by atoms with van der Waals surface area (Å²) in [7, 11) is 2.32. The lowest BCUT2D eigenvalue weighted by Gasteiger charge is -2.42. The fourth-order valence-electron chi connectivity index (χ4n) is 1.34. The fourth-order valence-corrected chi connectivity index (χ4v) is 2.34. The third-order valence-corrected chi connectivity index (χ3v) is 3.15. The minimum Gasteiger partial charge on any atom is -0.462 e. The Morgan fingerprint density at radius 3 is 2.29 bits per heavy atom. The van der Waals surface area contributed by atoms with Gasteiger partial charge in [0.05, 0.1) is 7.11 Å². The number of carbonyl (C=O) groups is 4. The highest BCUT2D eigenvalue weighted by atomic mass is 32.2. The zero-order valence-corrected chi connectivity index (χ0v) is 10.3. The fraction of sp³-hybridized carbons (Fsp3) is 0.556. The molecule has 0 aromatic heterocycles. The van der Waals surface area contributed by atoms with Crippen molar-refractivity contribution >= 4 is 34.7 Å². The van der Waals surface area contributed by atoms with Gasteiger partial charge in [0, 0.05) is 14.0 Å². The van der Waals surface area contributed by atoms with E-state index in [-0.39, 0.29) is 5.12 Å². The van der Waals surface area contributed by atoms with Crippen LogP contribution in [0.2, 0.25) is 0 Å². The number of thioether (sulfide) groups is 1. The summed E-state index contributed by atoms with van der Waals surface area (Å²) in [5.74, 6) is -2.90. The van der Waals surface area contributed by atoms with E-state index in [9.17, 15) is 19.2 Å². The van der Waals surface area contributed by atoms with Gasteiger partial charge in [-0.25, -0.2) is 4.79 Å². The molecule has 7 nitrogen and oxygen atoms in total. The van der Waals surface area contributed by atoms with Crippen molar-refractivity contribution in [2.75, 3.05) is 14.2 Å². The van der Waals surface area contributed by atoms with E-state index in [1.807, 2.05) is 0 Å². The summed E-state index contributed by atoms with van der Waals surface area (Å²) in [5, 5.41) is -1.09. The second kappa shape index (κ2) is 5.28. The van der Waals surface area contributed by atoms with Crippen LogP contribution >= 0.6 is 11.8 Å². The second-order valence-electron chi connectivity index (χ2n) is 3.16. The van der Waals surface area contributed by atoms with Crippen molar-refractivity contribution in [2.45, 2.75) is 18.4 Å². The molecule has 2 atom stereocenters. The van der Waals surface area contributed by atoms with Crippen molar-refractivity contribution in [3.63, 3.8) is 0 Å². The van der Waals surface area contributed by atoms with E-state index in [2.05, 4.69) is 4.74 Å². The molecule has 0 bridgehead atoms. The first kappa shape index (κ1) is 13.7. The smallest absolute Gasteiger partial charge is 0.397 e. The maximum atomic E-state index is 11.5. The van der Waals surface area contributed by atoms with Crippen LogP contribution in [0.25, 0.3) is 0 Å². The van der Waals surface area contributed by atoms with Crippen LogP contribution in [0.1, 0.15) is 6.92 Å². The lowest BCUT2D eigenvalue weighted by atomic mass is 10.1. The number of likely N-dealkylation sites (tertiary alicyclic amines) is 1. The molecule has 17 heavy (non-hydrogen) atoms. The quantitative estimate of drug-likeness (QED) is 0.363. The third kappa shape index (κ3) is 2.47. The van der Waals surface area contributed by atoms with Crippen LogP contribution in [-0.4, -0.2) is 53.5 Å². The van der Waals surface area contributed by atoms with Crippen LogP contribution in [0.3, 0.4) is 0 Å². The van der Waals surface area contributed by atoms with Crippen LogP contribution in [-0.2, 0) is 28.7 Å². The van der Waals surface area contributed by atoms with Gasteiger partial charge in [0.25, 0.3) is 5.91 Å². The zero-order valence-electron chi connectivity index (χ0n) is 9.46. The van der Waals surface area contributed by atoms with Gasteiger partial charge in [-0.15, -0.1) is 0 Å². The number of ether oxygens (including phenoxy) is 2. The minimum atomic E-state index is -1.15. The van der Waals surface area contributed by atoms with Gasteiger partial charge < -0.3 is 9.47 Å². The largest absolute Gasteiger partial charge is 0.462 e. The Kier molecular flexibility index (Phi) is 4.24. The molecule has 0 saturated carbocycles. The molecule has 94 valence electrons. The van der Waals surface area contributed by atoms with Gasteiger partial charge in [-0.2, -0.15) is 0 Å². The summed E-state index contributed by atoms with van der Waals surface area (Å²) in [6, 6.07) is 0. The summed E-state index contributed by atoms with van der Waals surface area (Å²) in [6.45, 7) is 1.29. The van der Waals surface area contributed by atoms with Crippen molar-refractivity contribution in [2.24, 2.45) is 0 Å². The van der Waals surface area contributed by atoms with E-state index in [4.69, 9.17) is 4.74 Å². The molecule has 0 aromatic rings. The van der Waals surface area contributed by atoms with Crippen LogP contribution < -0.4 is 0 Å². The molecule has 1 saturated heterocycles. The molecule has 1 heterocycles. The Morgan fingerprint density at radius 1 is 1.29 bits per heavy atom. The highest BCUT2D eigenvalue weighted by Crippen LogP contribution is 2.32. The Labute approximate surface area is 101 Å². The average Bonchev–Trinajstić information content (AvgIpc) is 2.27. The molecular weight excluding hydrogens is 250 g/mol. The number of carbonyl (C=O) groups excluding carboxylic acids is 4. The molecular formula is C9H11NO6S. The normalized spacial score (nSPS) is 23.0. The summed E-state index contributed by atoms with van der Waals surface area (Å²) >= 11 is 0.755. The van der Waals surface area contributed by atoms with Crippen LogP contribution in [0, 0.1) is 0 Å². The summed E-state index contributed by atoms with van der Waals surface area (Å²) in [4.78, 5) is 45.6. The van der Waals surface area contributed by atoms with Gasteiger partial charge in [-0.1, -0.05) is 11.8 Å². The maximum absolute atomic E-state index is 11.5. The van der Waals surface area contributed by atoms with Crippen molar-refractivity contribution in [1.82, 2.24) is 4.90 Å². The highest BCUT2D eigenvalue weighted by Gasteiger charge is 2.54. The topological polar surface area (TPSA) is 90.0 Å². The van der Waals surface area contributed by atoms with Crippen molar-refractivity contribution in [3.05, 3.63) is 0 Å². The highest BCUT2D eigenvalue weighted by molar-refractivity contribution is 8.14. The SMILES string of the molecule is COC(=O)C(=O)N1C(=O)[C@H](OC)[C@H]1SC(C)=O. The number of β-lactam (4-membered cyclic amide) rings is 1. The minimum absolute atomic E-state index is 0.285. The van der Waals surface area contributed by atoms with E-state index in [1.54, 1.807) is 0 Å². The predicted molar refractivity (Wildman–Crippen MR) is 56.7 cm³/mol. The summed E-state index contributed by atoms with van der Waals surface area (Å²) in [6.07, 6.45) is -0.891. The zero-order chi connectivity index (χ0) is 13.2. The number of rotatable bonds is 2. The van der Waals surface area contributed by atoms with Crippen LogP contribution in [0.15, 0.2) is 0 Å². The lowest BCUT2D eigenvalue weighted by Crippen LogP contribution is -2.67. The molecule has 1 aliphatic heterocycles. The van der Waals surface area contributed by atoms with E-state index < -0.39 is 29.3 Å². The first-order valence-electron chi connectivity index (χ1n) is 4.59. The Balaban J connectivity index is 2.83. The molecule has 0 N–H and O–H groups in total. The summed E-state index contributed by atoms with van der Waals surface area (Å²) in [5.41, 5.74) is 0. The molecule has 0 aromatic carbocycles. The number of hydrogen-bond donors (Lipinski definition) is 0. The van der Waals surface area contributed by atoms with Crippen LogP contribution in [0.5, 0.6) is 0 Å². The van der Waals surface area contributed by atoms with E-state index in [0.29, 0.717) is 4.90 Å². The summed E-state index contributed by atoms with van der Waals surface area (Å²) < 4.78 is 9.06. The predicted octanol–water partition coefficient (Wildman–Crippen LogP) is -0.851. The average molecular weight is 261 g/mol. The van der Waals surface area contributed by atoms with Gasteiger partial charge in [0.2, 0.25) is 0 Å². The first-order chi connectivity index (χ1) is 7.93. The number of methoxy groups -OCH3 is 2. The Morgan fingerprint density at radius 2 is 1.88 bits per heavy atom. The molecule has 1 rings (SSSR count). The van der Waals surface area contributed by atoms with Crippen LogP contribution in [0.4, 0.5) is 0 Å². The van der Waals surface area contributed by atoms with Gasteiger partial charge in [0.1, 0.15) is 5.37 Å². The molecule has 8 heteroatoms. The molecule has 0 aliphatic carbocycles. The second-order valence-corrected chi connectivity index (χ2v) is 4.45. The monoisotopic (exact) mass is 261 g/mol. The van der Waals surface area contributed by atoms with E-state index in [1.165, 1.54) is 14.0 Å². The first-order valence-corrected chi connectivity index (χ1v) is 5.47. The van der Waals surface area contributed by atoms with Gasteiger partial charge in [0.15, 0.2) is 11.2 Å². The molecule has 1 fully saturated rings. The molecule has 1 aliphatic rings. The molecule has 2 amide bonds. The number of esters is 1. The Hall–Kier alpha value is -1.41. The standard InChI is InChI=1S/C9H11NO6S/c1-4(11)17-8-5(15-2)6(12)10(8)7(13)9(14)16-3/h5,8H,1-3H3/t5-,8+/m0/s1. The molecule has 0 unspecified atom stereocenters. The molecule has 0 radical (unpaired) electrons. The van der Waals surface area contributed by atoms with Gasteiger partial charge in [-0.3, -0.25) is 19.3 Å². The van der Waals surface area contributed by atoms with Crippen molar-refractivity contribution < 1.29 is 28.7 Å².